The smallest absolute Gasteiger partial charge is 0.318 e. The summed E-state index contributed by atoms with van der Waals surface area (Å²) in [4.78, 5) is 28.8. The molecule has 1 fully saturated rings. The van der Waals surface area contributed by atoms with Gasteiger partial charge in [0.25, 0.3) is 0 Å². The Morgan fingerprint density at radius 1 is 1.04 bits per heavy atom. The molecule has 0 bridgehead atoms. The number of nitrogens with zero attached hydrogens (tertiary/aromatic N) is 2. The van der Waals surface area contributed by atoms with Gasteiger partial charge in [0.1, 0.15) is 6.10 Å². The maximum atomic E-state index is 12.7. The minimum absolute atomic E-state index is 0.000524. The molecule has 146 valence electrons. The molecule has 1 saturated heterocycles. The summed E-state index contributed by atoms with van der Waals surface area (Å²) in [5.74, 6) is -0.0756. The van der Waals surface area contributed by atoms with Crippen LogP contribution in [0.3, 0.4) is 0 Å². The van der Waals surface area contributed by atoms with Gasteiger partial charge in [-0.3, -0.25) is 4.79 Å². The van der Waals surface area contributed by atoms with Crippen LogP contribution in [-0.2, 0) is 16.0 Å². The average Bonchev–Trinajstić information content (AvgIpc) is 2.77. The molecule has 6 heteroatoms. The molecule has 3 amide bonds. The number of morpholine rings is 1. The first-order valence-corrected chi connectivity index (χ1v) is 9.80. The van der Waals surface area contributed by atoms with Crippen molar-refractivity contribution in [1.29, 1.82) is 0 Å². The number of benzene rings is 2. The highest BCUT2D eigenvalue weighted by Crippen LogP contribution is 2.26. The minimum atomic E-state index is -0.220. The fourth-order valence-electron chi connectivity index (χ4n) is 3.85. The SMILES string of the molecule is O=C(NCC(=O)N1CCCc2ccccc21)N1CCO[C@@H](c2ccccc2)C1. The van der Waals surface area contributed by atoms with E-state index in [9.17, 15) is 9.59 Å². The first-order chi connectivity index (χ1) is 13.7. The predicted octanol–water partition coefficient (Wildman–Crippen LogP) is 2.75. The molecule has 2 aromatic rings. The third-order valence-electron chi connectivity index (χ3n) is 5.33. The number of fused-ring (bicyclic) bond motifs is 1. The van der Waals surface area contributed by atoms with Crippen molar-refractivity contribution in [2.24, 2.45) is 0 Å². The molecule has 4 rings (SSSR count). The summed E-state index contributed by atoms with van der Waals surface area (Å²) in [6.07, 6.45) is 1.80. The van der Waals surface area contributed by atoms with E-state index in [4.69, 9.17) is 4.74 Å². The van der Waals surface area contributed by atoms with E-state index in [1.807, 2.05) is 48.5 Å². The molecular formula is C22H25N3O3. The lowest BCUT2D eigenvalue weighted by Gasteiger charge is -2.33. The summed E-state index contributed by atoms with van der Waals surface area (Å²) in [6, 6.07) is 17.7. The highest BCUT2D eigenvalue weighted by molar-refractivity contribution is 5.97. The maximum Gasteiger partial charge on any atom is 0.318 e. The molecule has 6 nitrogen and oxygen atoms in total. The molecule has 2 aliphatic heterocycles. The molecule has 0 aliphatic carbocycles. The number of amides is 3. The first-order valence-electron chi connectivity index (χ1n) is 9.80. The van der Waals surface area contributed by atoms with Gasteiger partial charge in [-0.2, -0.15) is 0 Å². The Morgan fingerprint density at radius 2 is 1.82 bits per heavy atom. The molecule has 2 aromatic carbocycles. The van der Waals surface area contributed by atoms with Gasteiger partial charge >= 0.3 is 6.03 Å². The number of carbonyl (C=O) groups is 2. The van der Waals surface area contributed by atoms with Gasteiger partial charge in [0, 0.05) is 18.8 Å². The van der Waals surface area contributed by atoms with E-state index in [2.05, 4.69) is 11.4 Å². The number of aryl methyl sites for hydroxylation is 1. The topological polar surface area (TPSA) is 61.9 Å². The summed E-state index contributed by atoms with van der Waals surface area (Å²) < 4.78 is 5.81. The van der Waals surface area contributed by atoms with Crippen molar-refractivity contribution in [2.75, 3.05) is 37.7 Å². The van der Waals surface area contributed by atoms with Crippen molar-refractivity contribution in [3.8, 4) is 0 Å². The van der Waals surface area contributed by atoms with Crippen molar-refractivity contribution in [3.05, 3.63) is 65.7 Å². The average molecular weight is 379 g/mol. The Labute approximate surface area is 165 Å². The van der Waals surface area contributed by atoms with Crippen LogP contribution in [0.2, 0.25) is 0 Å². The molecule has 1 N–H and O–H groups in total. The van der Waals surface area contributed by atoms with Gasteiger partial charge in [-0.05, 0) is 30.0 Å². The van der Waals surface area contributed by atoms with Crippen LogP contribution in [0.15, 0.2) is 54.6 Å². The molecule has 0 unspecified atom stereocenters. The van der Waals surface area contributed by atoms with E-state index in [0.29, 0.717) is 26.2 Å². The molecule has 0 spiro atoms. The van der Waals surface area contributed by atoms with Gasteiger partial charge in [0.2, 0.25) is 5.91 Å². The van der Waals surface area contributed by atoms with Crippen LogP contribution in [0.1, 0.15) is 23.7 Å². The Morgan fingerprint density at radius 3 is 2.68 bits per heavy atom. The highest BCUT2D eigenvalue weighted by Gasteiger charge is 2.27. The fraction of sp³-hybridized carbons (Fsp3) is 0.364. The Hall–Kier alpha value is -2.86. The molecule has 28 heavy (non-hydrogen) atoms. The summed E-state index contributed by atoms with van der Waals surface area (Å²) in [6.45, 7) is 2.19. The van der Waals surface area contributed by atoms with E-state index >= 15 is 0 Å². The maximum absolute atomic E-state index is 12.7. The number of urea groups is 1. The van der Waals surface area contributed by atoms with Crippen LogP contribution in [0.5, 0.6) is 0 Å². The van der Waals surface area contributed by atoms with Crippen LogP contribution in [0.25, 0.3) is 0 Å². The molecule has 0 radical (unpaired) electrons. The van der Waals surface area contributed by atoms with Gasteiger partial charge in [-0.15, -0.1) is 0 Å². The third-order valence-corrected chi connectivity index (χ3v) is 5.33. The third kappa shape index (κ3) is 4.02. The highest BCUT2D eigenvalue weighted by atomic mass is 16.5. The Balaban J connectivity index is 1.34. The van der Waals surface area contributed by atoms with Crippen molar-refractivity contribution in [1.82, 2.24) is 10.2 Å². The van der Waals surface area contributed by atoms with Crippen LogP contribution < -0.4 is 10.2 Å². The lowest BCUT2D eigenvalue weighted by atomic mass is 10.0. The van der Waals surface area contributed by atoms with Crippen molar-refractivity contribution in [3.63, 3.8) is 0 Å². The quantitative estimate of drug-likeness (QED) is 0.892. The minimum Gasteiger partial charge on any atom is -0.370 e. The fourth-order valence-corrected chi connectivity index (χ4v) is 3.85. The van der Waals surface area contributed by atoms with Gasteiger partial charge < -0.3 is 19.9 Å². The van der Waals surface area contributed by atoms with E-state index in [1.54, 1.807) is 9.80 Å². The number of rotatable bonds is 3. The lowest BCUT2D eigenvalue weighted by Crippen LogP contribution is -2.50. The zero-order chi connectivity index (χ0) is 19.3. The van der Waals surface area contributed by atoms with E-state index in [0.717, 1.165) is 24.1 Å². The van der Waals surface area contributed by atoms with Crippen LogP contribution in [0.4, 0.5) is 10.5 Å². The molecule has 2 aliphatic rings. The molecule has 2 heterocycles. The second-order valence-electron chi connectivity index (χ2n) is 7.15. The van der Waals surface area contributed by atoms with Gasteiger partial charge in [0.05, 0.1) is 19.7 Å². The standard InChI is InChI=1S/C22H25N3O3/c26-21(25-12-6-10-17-7-4-5-11-19(17)25)15-23-22(27)24-13-14-28-20(16-24)18-8-2-1-3-9-18/h1-5,7-9,11,20H,6,10,12-16H2,(H,23,27)/t20-/m1/s1. The van der Waals surface area contributed by atoms with Crippen LogP contribution in [-0.4, -0.2) is 49.6 Å². The van der Waals surface area contributed by atoms with Crippen LogP contribution >= 0.6 is 0 Å². The number of nitrogens with one attached hydrogen (secondary N) is 1. The number of carbonyl (C=O) groups excluding carboxylic acids is 2. The molecule has 1 atom stereocenters. The van der Waals surface area contributed by atoms with Crippen molar-refractivity contribution < 1.29 is 14.3 Å². The summed E-state index contributed by atoms with van der Waals surface area (Å²) in [5.41, 5.74) is 3.21. The number of ether oxygens (including phenoxy) is 1. The largest absolute Gasteiger partial charge is 0.370 e. The second-order valence-corrected chi connectivity index (χ2v) is 7.15. The number of para-hydroxylation sites is 1. The van der Waals surface area contributed by atoms with Gasteiger partial charge in [-0.25, -0.2) is 4.79 Å². The van der Waals surface area contributed by atoms with Crippen molar-refractivity contribution >= 4 is 17.6 Å². The number of hydrogen-bond acceptors (Lipinski definition) is 3. The van der Waals surface area contributed by atoms with E-state index in [1.165, 1.54) is 5.56 Å². The first kappa shape index (κ1) is 18.5. The molecular weight excluding hydrogens is 354 g/mol. The summed E-state index contributed by atoms with van der Waals surface area (Å²) >= 11 is 0. The number of anilines is 1. The Kier molecular flexibility index (Phi) is 5.58. The van der Waals surface area contributed by atoms with Crippen molar-refractivity contribution in [2.45, 2.75) is 18.9 Å². The zero-order valence-electron chi connectivity index (χ0n) is 15.8. The van der Waals surface area contributed by atoms with Gasteiger partial charge in [0.15, 0.2) is 0 Å². The second kappa shape index (κ2) is 8.44. The monoisotopic (exact) mass is 379 g/mol. The van der Waals surface area contributed by atoms with E-state index in [-0.39, 0.29) is 24.6 Å². The van der Waals surface area contributed by atoms with Gasteiger partial charge in [-0.1, -0.05) is 48.5 Å². The van der Waals surface area contributed by atoms with Crippen LogP contribution in [0, 0.1) is 0 Å². The summed E-state index contributed by atoms with van der Waals surface area (Å²) in [5, 5.41) is 2.79. The predicted molar refractivity (Wildman–Crippen MR) is 107 cm³/mol. The summed E-state index contributed by atoms with van der Waals surface area (Å²) in [7, 11) is 0. The molecule has 0 saturated carbocycles. The van der Waals surface area contributed by atoms with E-state index < -0.39 is 0 Å². The molecule has 0 aromatic heterocycles. The number of hydrogen-bond donors (Lipinski definition) is 1. The normalized spacial score (nSPS) is 19.1. The zero-order valence-corrected chi connectivity index (χ0v) is 15.8. The lowest BCUT2D eigenvalue weighted by molar-refractivity contribution is -0.117. The Bertz CT molecular complexity index is 840.